The molecule has 0 aliphatic rings. The first-order valence-corrected chi connectivity index (χ1v) is 5.55. The fraction of sp³-hybridized carbons (Fsp3) is 0.250. The summed E-state index contributed by atoms with van der Waals surface area (Å²) in [6.07, 6.45) is 4.55. The SMILES string of the molecule is C=CCCCOc1ccc(Br)c(C=O)c1. The maximum atomic E-state index is 10.7. The highest BCUT2D eigenvalue weighted by Crippen LogP contribution is 2.21. The number of unbranched alkanes of at least 4 members (excludes halogenated alkanes) is 1. The number of hydrogen-bond acceptors (Lipinski definition) is 2. The van der Waals surface area contributed by atoms with E-state index in [0.29, 0.717) is 12.2 Å². The number of benzene rings is 1. The highest BCUT2D eigenvalue weighted by Gasteiger charge is 2.00. The lowest BCUT2D eigenvalue weighted by Gasteiger charge is -2.06. The van der Waals surface area contributed by atoms with Crippen LogP contribution in [0.1, 0.15) is 23.2 Å². The number of aldehydes is 1. The number of carbonyl (C=O) groups excluding carboxylic acids is 1. The van der Waals surface area contributed by atoms with E-state index in [9.17, 15) is 4.79 Å². The molecule has 2 nitrogen and oxygen atoms in total. The molecule has 0 saturated heterocycles. The fourth-order valence-electron chi connectivity index (χ4n) is 1.12. The summed E-state index contributed by atoms with van der Waals surface area (Å²) >= 11 is 3.28. The van der Waals surface area contributed by atoms with Gasteiger partial charge in [0.05, 0.1) is 6.61 Å². The molecule has 0 radical (unpaired) electrons. The second-order valence-electron chi connectivity index (χ2n) is 3.08. The van der Waals surface area contributed by atoms with E-state index in [1.165, 1.54) is 0 Å². The molecule has 15 heavy (non-hydrogen) atoms. The fourth-order valence-corrected chi connectivity index (χ4v) is 1.46. The van der Waals surface area contributed by atoms with Gasteiger partial charge in [0.2, 0.25) is 0 Å². The molecule has 0 spiro atoms. The van der Waals surface area contributed by atoms with Gasteiger partial charge < -0.3 is 4.74 Å². The zero-order valence-corrected chi connectivity index (χ0v) is 10.00. The van der Waals surface area contributed by atoms with Crippen LogP contribution in [0.4, 0.5) is 0 Å². The number of hydrogen-bond donors (Lipinski definition) is 0. The summed E-state index contributed by atoms with van der Waals surface area (Å²) in [5, 5.41) is 0. The van der Waals surface area contributed by atoms with Gasteiger partial charge in [0, 0.05) is 10.0 Å². The van der Waals surface area contributed by atoms with E-state index >= 15 is 0 Å². The number of rotatable bonds is 6. The summed E-state index contributed by atoms with van der Waals surface area (Å²) in [6, 6.07) is 5.38. The van der Waals surface area contributed by atoms with Gasteiger partial charge in [-0.25, -0.2) is 0 Å². The molecular formula is C12H13BrO2. The van der Waals surface area contributed by atoms with Crippen LogP contribution in [0.2, 0.25) is 0 Å². The van der Waals surface area contributed by atoms with Crippen LogP contribution in [0.15, 0.2) is 35.3 Å². The van der Waals surface area contributed by atoms with Gasteiger partial charge in [-0.15, -0.1) is 6.58 Å². The first-order valence-electron chi connectivity index (χ1n) is 4.76. The molecule has 0 fully saturated rings. The molecule has 3 heteroatoms. The van der Waals surface area contributed by atoms with E-state index in [1.54, 1.807) is 6.07 Å². The summed E-state index contributed by atoms with van der Waals surface area (Å²) in [7, 11) is 0. The average molecular weight is 269 g/mol. The monoisotopic (exact) mass is 268 g/mol. The number of carbonyl (C=O) groups is 1. The minimum absolute atomic E-state index is 0.608. The third kappa shape index (κ3) is 3.88. The smallest absolute Gasteiger partial charge is 0.151 e. The summed E-state index contributed by atoms with van der Waals surface area (Å²) in [5.74, 6) is 0.726. The van der Waals surface area contributed by atoms with Gasteiger partial charge in [-0.3, -0.25) is 4.79 Å². The van der Waals surface area contributed by atoms with E-state index in [2.05, 4.69) is 22.5 Å². The molecule has 0 aromatic heterocycles. The van der Waals surface area contributed by atoms with Gasteiger partial charge in [0.15, 0.2) is 6.29 Å². The molecule has 0 unspecified atom stereocenters. The summed E-state index contributed by atoms with van der Waals surface area (Å²) in [4.78, 5) is 10.7. The van der Waals surface area contributed by atoms with E-state index < -0.39 is 0 Å². The first-order chi connectivity index (χ1) is 7.27. The Balaban J connectivity index is 2.54. The molecule has 0 saturated carbocycles. The third-order valence-corrected chi connectivity index (χ3v) is 2.64. The van der Waals surface area contributed by atoms with E-state index in [-0.39, 0.29) is 0 Å². The van der Waals surface area contributed by atoms with Gasteiger partial charge in [-0.1, -0.05) is 22.0 Å². The summed E-state index contributed by atoms with van der Waals surface area (Å²) < 4.78 is 6.27. The Kier molecular flexibility index (Phi) is 5.12. The van der Waals surface area contributed by atoms with Gasteiger partial charge in [0.1, 0.15) is 5.75 Å². The van der Waals surface area contributed by atoms with Gasteiger partial charge in [-0.2, -0.15) is 0 Å². The molecular weight excluding hydrogens is 256 g/mol. The highest BCUT2D eigenvalue weighted by molar-refractivity contribution is 9.10. The average Bonchev–Trinajstić information content (AvgIpc) is 2.26. The molecule has 0 atom stereocenters. The van der Waals surface area contributed by atoms with Crippen molar-refractivity contribution in [3.8, 4) is 5.75 Å². The zero-order chi connectivity index (χ0) is 11.1. The van der Waals surface area contributed by atoms with Crippen LogP contribution in [0.5, 0.6) is 5.75 Å². The van der Waals surface area contributed by atoms with Crippen LogP contribution in [-0.2, 0) is 0 Å². The highest BCUT2D eigenvalue weighted by atomic mass is 79.9. The Labute approximate surface area is 98.1 Å². The second kappa shape index (κ2) is 6.40. The lowest BCUT2D eigenvalue weighted by molar-refractivity contribution is 0.112. The predicted octanol–water partition coefficient (Wildman–Crippen LogP) is 3.61. The van der Waals surface area contributed by atoms with Crippen molar-refractivity contribution in [2.24, 2.45) is 0 Å². The molecule has 80 valence electrons. The third-order valence-electron chi connectivity index (χ3n) is 1.92. The lowest BCUT2D eigenvalue weighted by atomic mass is 10.2. The van der Waals surface area contributed by atoms with Gasteiger partial charge in [0.25, 0.3) is 0 Å². The molecule has 1 aromatic carbocycles. The van der Waals surface area contributed by atoms with Crippen LogP contribution in [0, 0.1) is 0 Å². The van der Waals surface area contributed by atoms with Crippen LogP contribution >= 0.6 is 15.9 Å². The molecule has 0 heterocycles. The number of halogens is 1. The second-order valence-corrected chi connectivity index (χ2v) is 3.93. The van der Waals surface area contributed by atoms with Gasteiger partial charge >= 0.3 is 0 Å². The molecule has 0 N–H and O–H groups in total. The van der Waals surface area contributed by atoms with Crippen molar-refractivity contribution in [1.82, 2.24) is 0 Å². The Morgan fingerprint density at radius 2 is 2.27 bits per heavy atom. The van der Waals surface area contributed by atoms with Crippen molar-refractivity contribution in [1.29, 1.82) is 0 Å². The van der Waals surface area contributed by atoms with E-state index in [4.69, 9.17) is 4.74 Å². The quantitative estimate of drug-likeness (QED) is 0.448. The minimum Gasteiger partial charge on any atom is -0.494 e. The Morgan fingerprint density at radius 3 is 2.93 bits per heavy atom. The Hall–Kier alpha value is -1.09. The van der Waals surface area contributed by atoms with Crippen molar-refractivity contribution >= 4 is 22.2 Å². The maximum Gasteiger partial charge on any atom is 0.151 e. The normalized spacial score (nSPS) is 9.67. The molecule has 1 aromatic rings. The summed E-state index contributed by atoms with van der Waals surface area (Å²) in [6.45, 7) is 4.28. The van der Waals surface area contributed by atoms with Crippen LogP contribution in [0.25, 0.3) is 0 Å². The molecule has 0 aliphatic heterocycles. The van der Waals surface area contributed by atoms with Crippen LogP contribution < -0.4 is 4.74 Å². The Morgan fingerprint density at radius 1 is 1.47 bits per heavy atom. The number of ether oxygens (including phenoxy) is 1. The molecule has 0 aliphatic carbocycles. The first kappa shape index (κ1) is 12.0. The van der Waals surface area contributed by atoms with Crippen molar-refractivity contribution in [2.75, 3.05) is 6.61 Å². The lowest BCUT2D eigenvalue weighted by Crippen LogP contribution is -1.97. The Bertz CT molecular complexity index is 347. The van der Waals surface area contributed by atoms with Crippen LogP contribution in [-0.4, -0.2) is 12.9 Å². The predicted molar refractivity (Wildman–Crippen MR) is 64.5 cm³/mol. The topological polar surface area (TPSA) is 26.3 Å². The number of allylic oxidation sites excluding steroid dienone is 1. The molecule has 0 bridgehead atoms. The largest absolute Gasteiger partial charge is 0.494 e. The van der Waals surface area contributed by atoms with Crippen molar-refractivity contribution in [3.63, 3.8) is 0 Å². The zero-order valence-electron chi connectivity index (χ0n) is 8.41. The molecule has 0 amide bonds. The molecule has 1 rings (SSSR count). The van der Waals surface area contributed by atoms with E-state index in [0.717, 1.165) is 29.4 Å². The summed E-state index contributed by atoms with van der Waals surface area (Å²) in [5.41, 5.74) is 0.608. The standard InChI is InChI=1S/C12H13BrO2/c1-2-3-4-7-15-11-5-6-12(13)10(8-11)9-14/h2,5-6,8-9H,1,3-4,7H2. The van der Waals surface area contributed by atoms with Crippen molar-refractivity contribution in [3.05, 3.63) is 40.9 Å². The minimum atomic E-state index is 0.608. The van der Waals surface area contributed by atoms with Crippen molar-refractivity contribution < 1.29 is 9.53 Å². The van der Waals surface area contributed by atoms with E-state index in [1.807, 2.05) is 18.2 Å². The van der Waals surface area contributed by atoms with Gasteiger partial charge in [-0.05, 0) is 31.0 Å². The van der Waals surface area contributed by atoms with Crippen molar-refractivity contribution in [2.45, 2.75) is 12.8 Å². The van der Waals surface area contributed by atoms with Crippen LogP contribution in [0.3, 0.4) is 0 Å². The maximum absolute atomic E-state index is 10.7.